The van der Waals surface area contributed by atoms with Crippen molar-refractivity contribution in [3.8, 4) is 23.2 Å². The van der Waals surface area contributed by atoms with E-state index in [1.807, 2.05) is 20.8 Å². The van der Waals surface area contributed by atoms with Crippen LogP contribution >= 0.6 is 0 Å². The molecule has 16 heteroatoms. The summed E-state index contributed by atoms with van der Waals surface area (Å²) in [5, 5.41) is 31.8. The minimum atomic E-state index is -0.534. The number of benzene rings is 1. The number of aromatic nitrogens is 3. The van der Waals surface area contributed by atoms with Gasteiger partial charge in [0.05, 0.1) is 63.3 Å². The van der Waals surface area contributed by atoms with Crippen LogP contribution in [0, 0.1) is 21.4 Å². The third-order valence-corrected chi connectivity index (χ3v) is 6.49. The third kappa shape index (κ3) is 13.6. The van der Waals surface area contributed by atoms with Crippen LogP contribution in [0.2, 0.25) is 0 Å². The zero-order chi connectivity index (χ0) is 36.6. The van der Waals surface area contributed by atoms with Crippen LogP contribution in [0.4, 0.5) is 22.0 Å². The maximum absolute atomic E-state index is 11.5. The molecule has 50 heavy (non-hydrogen) atoms. The van der Waals surface area contributed by atoms with Crippen molar-refractivity contribution in [2.45, 2.75) is 52.7 Å². The predicted molar refractivity (Wildman–Crippen MR) is 185 cm³/mol. The van der Waals surface area contributed by atoms with Gasteiger partial charge in [-0.3, -0.25) is 10.1 Å². The molecule has 1 amide bonds. The van der Waals surface area contributed by atoms with Gasteiger partial charge in [-0.15, -0.1) is 0 Å². The standard InChI is InChI=1S/C34H47N7O9/c1-33(2,3)40-31(28(24-35)30(39-40)25-7-9-27(10-8-25)41(43)44)38-26-11-12-36-29(23-26)49-22-21-48-20-19-47-18-17-46-16-15-45-14-13-37-32(42)50-34(4,5)6/h7-12,23H,13-22H2,1-6H3,(H,36,38)(H,37,42). The van der Waals surface area contributed by atoms with Crippen LogP contribution < -0.4 is 15.4 Å². The Morgan fingerprint density at radius 2 is 1.48 bits per heavy atom. The summed E-state index contributed by atoms with van der Waals surface area (Å²) in [6.07, 6.45) is 1.12. The van der Waals surface area contributed by atoms with Gasteiger partial charge in [-0.1, -0.05) is 0 Å². The van der Waals surface area contributed by atoms with Gasteiger partial charge in [0.1, 0.15) is 35.4 Å². The van der Waals surface area contributed by atoms with Crippen LogP contribution in [0.1, 0.15) is 47.1 Å². The Hall–Kier alpha value is -4.82. The highest BCUT2D eigenvalue weighted by Gasteiger charge is 2.26. The first-order valence-electron chi connectivity index (χ1n) is 16.2. The highest BCUT2D eigenvalue weighted by atomic mass is 16.6. The SMILES string of the molecule is CC(C)(C)OC(=O)NCCOCCOCCOCCOCCOc1cc(Nc2c(C#N)c(-c3ccc([N+](=O)[O-])cc3)nn2C(C)(C)C)ccn1. The monoisotopic (exact) mass is 697 g/mol. The van der Waals surface area contributed by atoms with E-state index < -0.39 is 22.2 Å². The third-order valence-electron chi connectivity index (χ3n) is 6.49. The Morgan fingerprint density at radius 3 is 2.02 bits per heavy atom. The predicted octanol–water partition coefficient (Wildman–Crippen LogP) is 5.19. The van der Waals surface area contributed by atoms with Gasteiger partial charge >= 0.3 is 6.09 Å². The van der Waals surface area contributed by atoms with E-state index in [0.717, 1.165) is 0 Å². The number of nitriles is 1. The average Bonchev–Trinajstić information content (AvgIpc) is 3.42. The number of carbonyl (C=O) groups is 1. The number of non-ortho nitro benzene ring substituents is 1. The van der Waals surface area contributed by atoms with Gasteiger partial charge < -0.3 is 39.1 Å². The van der Waals surface area contributed by atoms with Crippen molar-refractivity contribution in [1.82, 2.24) is 20.1 Å². The number of carbonyl (C=O) groups excluding carboxylic acids is 1. The number of nitrogens with one attached hydrogen (secondary N) is 2. The first-order valence-corrected chi connectivity index (χ1v) is 16.2. The highest BCUT2D eigenvalue weighted by molar-refractivity contribution is 5.77. The molecule has 0 aliphatic heterocycles. The molecule has 0 atom stereocenters. The second kappa shape index (κ2) is 19.4. The lowest BCUT2D eigenvalue weighted by Crippen LogP contribution is -2.34. The molecule has 2 heterocycles. The molecule has 0 unspecified atom stereocenters. The lowest BCUT2D eigenvalue weighted by atomic mass is 10.1. The van der Waals surface area contributed by atoms with Crippen molar-refractivity contribution in [3.63, 3.8) is 0 Å². The van der Waals surface area contributed by atoms with Crippen LogP contribution in [-0.2, 0) is 29.2 Å². The first kappa shape index (κ1) is 39.6. The van der Waals surface area contributed by atoms with E-state index in [1.165, 1.54) is 12.1 Å². The number of amides is 1. The summed E-state index contributed by atoms with van der Waals surface area (Å²) in [6, 6.07) is 11.6. The second-order valence-electron chi connectivity index (χ2n) is 12.8. The van der Waals surface area contributed by atoms with Crippen molar-refractivity contribution in [2.24, 2.45) is 0 Å². The lowest BCUT2D eigenvalue weighted by Gasteiger charge is -2.23. The fourth-order valence-corrected chi connectivity index (χ4v) is 4.28. The van der Waals surface area contributed by atoms with E-state index in [9.17, 15) is 20.2 Å². The minimum absolute atomic E-state index is 0.0477. The molecule has 0 fully saturated rings. The van der Waals surface area contributed by atoms with Gasteiger partial charge in [-0.25, -0.2) is 14.5 Å². The molecule has 3 rings (SSSR count). The zero-order valence-electron chi connectivity index (χ0n) is 29.5. The van der Waals surface area contributed by atoms with Gasteiger partial charge in [0.2, 0.25) is 5.88 Å². The second-order valence-corrected chi connectivity index (χ2v) is 12.8. The number of alkyl carbamates (subject to hydrolysis) is 1. The van der Waals surface area contributed by atoms with Crippen LogP contribution in [0.3, 0.4) is 0 Å². The molecule has 16 nitrogen and oxygen atoms in total. The molecule has 1 aromatic carbocycles. The molecule has 0 saturated heterocycles. The molecule has 0 spiro atoms. The minimum Gasteiger partial charge on any atom is -0.475 e. The van der Waals surface area contributed by atoms with Crippen molar-refractivity contribution in [2.75, 3.05) is 71.3 Å². The fraction of sp³-hybridized carbons (Fsp3) is 0.529. The Balaban J connectivity index is 1.34. The number of nitro benzene ring substituents is 1. The Morgan fingerprint density at radius 1 is 0.900 bits per heavy atom. The van der Waals surface area contributed by atoms with Crippen molar-refractivity contribution >= 4 is 23.3 Å². The van der Waals surface area contributed by atoms with Crippen molar-refractivity contribution < 1.29 is 38.1 Å². The molecular formula is C34H47N7O9. The molecule has 2 N–H and O–H groups in total. The molecule has 0 radical (unpaired) electrons. The summed E-state index contributed by atoms with van der Waals surface area (Å²) in [6.45, 7) is 15.0. The quantitative estimate of drug-likeness (QED) is 0.0890. The van der Waals surface area contributed by atoms with Crippen LogP contribution in [0.25, 0.3) is 11.3 Å². The number of hydrogen-bond donors (Lipinski definition) is 2. The number of ether oxygens (including phenoxy) is 6. The van der Waals surface area contributed by atoms with E-state index in [4.69, 9.17) is 33.5 Å². The largest absolute Gasteiger partial charge is 0.475 e. The maximum atomic E-state index is 11.5. The fourth-order valence-electron chi connectivity index (χ4n) is 4.28. The lowest BCUT2D eigenvalue weighted by molar-refractivity contribution is -0.384. The van der Waals surface area contributed by atoms with E-state index in [-0.39, 0.29) is 12.3 Å². The molecule has 0 aliphatic rings. The number of nitro groups is 1. The highest BCUT2D eigenvalue weighted by Crippen LogP contribution is 2.35. The summed E-state index contributed by atoms with van der Waals surface area (Å²) in [5.41, 5.74) is 0.845. The van der Waals surface area contributed by atoms with Crippen molar-refractivity contribution in [3.05, 3.63) is 58.3 Å². The number of nitrogens with zero attached hydrogens (tertiary/aromatic N) is 5. The van der Waals surface area contributed by atoms with Gasteiger partial charge in [-0.05, 0) is 59.7 Å². The molecule has 3 aromatic rings. The normalized spacial score (nSPS) is 11.5. The van der Waals surface area contributed by atoms with Crippen molar-refractivity contribution in [1.29, 1.82) is 5.26 Å². The smallest absolute Gasteiger partial charge is 0.407 e. The van der Waals surface area contributed by atoms with E-state index in [1.54, 1.807) is 55.9 Å². The molecule has 0 saturated carbocycles. The number of rotatable bonds is 20. The molecule has 0 aliphatic carbocycles. The Kier molecular flexibility index (Phi) is 15.4. The Labute approximate surface area is 292 Å². The molecule has 0 bridgehead atoms. The first-order chi connectivity index (χ1) is 23.8. The molecule has 272 valence electrons. The summed E-state index contributed by atoms with van der Waals surface area (Å²) in [7, 11) is 0. The van der Waals surface area contributed by atoms with E-state index in [2.05, 4.69) is 21.7 Å². The average molecular weight is 698 g/mol. The number of hydrogen-bond acceptors (Lipinski definition) is 13. The van der Waals surface area contributed by atoms with E-state index in [0.29, 0.717) is 93.6 Å². The van der Waals surface area contributed by atoms with Gasteiger partial charge in [0.25, 0.3) is 5.69 Å². The molecule has 2 aromatic heterocycles. The summed E-state index contributed by atoms with van der Waals surface area (Å²) >= 11 is 0. The summed E-state index contributed by atoms with van der Waals surface area (Å²) in [4.78, 5) is 26.4. The van der Waals surface area contributed by atoms with Gasteiger partial charge in [0.15, 0.2) is 0 Å². The van der Waals surface area contributed by atoms with Gasteiger partial charge in [-0.2, -0.15) is 10.4 Å². The van der Waals surface area contributed by atoms with Crippen LogP contribution in [0.15, 0.2) is 42.6 Å². The van der Waals surface area contributed by atoms with Crippen LogP contribution in [-0.4, -0.2) is 97.4 Å². The summed E-state index contributed by atoms with van der Waals surface area (Å²) < 4.78 is 34.6. The van der Waals surface area contributed by atoms with Crippen LogP contribution in [0.5, 0.6) is 5.88 Å². The van der Waals surface area contributed by atoms with E-state index >= 15 is 0 Å². The zero-order valence-corrected chi connectivity index (χ0v) is 29.5. The number of anilines is 2. The maximum Gasteiger partial charge on any atom is 0.407 e. The van der Waals surface area contributed by atoms with Gasteiger partial charge in [0, 0.05) is 42.2 Å². The number of pyridine rings is 1. The molecular weight excluding hydrogens is 650 g/mol. The summed E-state index contributed by atoms with van der Waals surface area (Å²) in [5.74, 6) is 0.837. The Bertz CT molecular complexity index is 1560. The topological polar surface area (TPSA) is 194 Å².